The average molecular weight is 288 g/mol. The Bertz CT molecular complexity index is 640. The van der Waals surface area contributed by atoms with Gasteiger partial charge in [0.25, 0.3) is 5.91 Å². The van der Waals surface area contributed by atoms with E-state index in [-0.39, 0.29) is 18.6 Å². The van der Waals surface area contributed by atoms with Crippen molar-refractivity contribution in [2.75, 3.05) is 6.61 Å². The fraction of sp³-hybridized carbons (Fsp3) is 0.267. The van der Waals surface area contributed by atoms with Gasteiger partial charge in [-0.1, -0.05) is 12.1 Å². The van der Waals surface area contributed by atoms with Crippen LogP contribution in [0.15, 0.2) is 34.8 Å². The molecule has 0 unspecified atom stereocenters. The Labute approximate surface area is 121 Å². The van der Waals surface area contributed by atoms with Crippen molar-refractivity contribution in [3.63, 3.8) is 0 Å². The molecule has 2 aromatic rings. The Hall–Kier alpha value is -2.63. The van der Waals surface area contributed by atoms with Crippen LogP contribution < -0.4 is 5.32 Å². The first-order chi connectivity index (χ1) is 10.0. The van der Waals surface area contributed by atoms with Crippen LogP contribution in [0.2, 0.25) is 0 Å². The Balaban J connectivity index is 1.88. The summed E-state index contributed by atoms with van der Waals surface area (Å²) in [5.41, 5.74) is 1.35. The van der Waals surface area contributed by atoms with Crippen LogP contribution in [0.1, 0.15) is 19.7 Å². The summed E-state index contributed by atoms with van der Waals surface area (Å²) < 4.78 is 10.2. The molecule has 1 heterocycles. The number of aromatic nitrogens is 1. The van der Waals surface area contributed by atoms with Gasteiger partial charge in [0.2, 0.25) is 5.89 Å². The van der Waals surface area contributed by atoms with E-state index in [1.54, 1.807) is 6.07 Å². The van der Waals surface area contributed by atoms with Gasteiger partial charge in [-0.2, -0.15) is 0 Å². The smallest absolute Gasteiger partial charge is 0.331 e. The van der Waals surface area contributed by atoms with Crippen LogP contribution in [-0.4, -0.2) is 29.5 Å². The molecule has 21 heavy (non-hydrogen) atoms. The van der Waals surface area contributed by atoms with Crippen molar-refractivity contribution in [3.8, 4) is 0 Å². The Morgan fingerprint density at radius 3 is 2.86 bits per heavy atom. The molecule has 0 atom stereocenters. The average Bonchev–Trinajstić information content (AvgIpc) is 2.85. The van der Waals surface area contributed by atoms with Crippen LogP contribution in [-0.2, 0) is 14.3 Å². The van der Waals surface area contributed by atoms with Crippen LogP contribution in [0, 0.1) is 0 Å². The van der Waals surface area contributed by atoms with Crippen LogP contribution in [0.5, 0.6) is 0 Å². The zero-order valence-electron chi connectivity index (χ0n) is 11.8. The molecule has 1 aromatic carbocycles. The van der Waals surface area contributed by atoms with Crippen molar-refractivity contribution in [2.24, 2.45) is 0 Å². The summed E-state index contributed by atoms with van der Waals surface area (Å²) >= 11 is 0. The molecule has 0 aliphatic carbocycles. The van der Waals surface area contributed by atoms with Gasteiger partial charge in [-0.15, -0.1) is 0 Å². The minimum absolute atomic E-state index is 0.00601. The van der Waals surface area contributed by atoms with E-state index in [0.717, 1.165) is 0 Å². The number of ether oxygens (including phenoxy) is 1. The number of esters is 1. The quantitative estimate of drug-likeness (QED) is 0.671. The van der Waals surface area contributed by atoms with Crippen molar-refractivity contribution in [1.29, 1.82) is 0 Å². The summed E-state index contributed by atoms with van der Waals surface area (Å²) in [5, 5.41) is 2.62. The molecule has 1 N–H and O–H groups in total. The highest BCUT2D eigenvalue weighted by Gasteiger charge is 2.07. The van der Waals surface area contributed by atoms with E-state index in [2.05, 4.69) is 10.3 Å². The summed E-state index contributed by atoms with van der Waals surface area (Å²) in [6.07, 6.45) is 2.58. The van der Waals surface area contributed by atoms with Gasteiger partial charge in [-0.25, -0.2) is 9.78 Å². The zero-order chi connectivity index (χ0) is 15.2. The van der Waals surface area contributed by atoms with Gasteiger partial charge in [-0.3, -0.25) is 4.79 Å². The molecule has 0 bridgehead atoms. The van der Waals surface area contributed by atoms with E-state index in [1.165, 1.54) is 12.2 Å². The van der Waals surface area contributed by atoms with Gasteiger partial charge in [0.05, 0.1) is 0 Å². The van der Waals surface area contributed by atoms with Gasteiger partial charge >= 0.3 is 5.97 Å². The third kappa shape index (κ3) is 4.45. The van der Waals surface area contributed by atoms with Crippen molar-refractivity contribution in [3.05, 3.63) is 36.2 Å². The lowest BCUT2D eigenvalue weighted by atomic mass is 10.3. The minimum Gasteiger partial charge on any atom is -0.452 e. The van der Waals surface area contributed by atoms with E-state index >= 15 is 0 Å². The number of hydrogen-bond donors (Lipinski definition) is 1. The number of nitrogens with one attached hydrogen (secondary N) is 1. The first kappa shape index (κ1) is 14.8. The predicted octanol–water partition coefficient (Wildman–Crippen LogP) is 1.91. The summed E-state index contributed by atoms with van der Waals surface area (Å²) in [6.45, 7) is 3.34. The van der Waals surface area contributed by atoms with Crippen molar-refractivity contribution >= 4 is 29.1 Å². The number of nitrogens with zero attached hydrogens (tertiary/aromatic N) is 1. The summed E-state index contributed by atoms with van der Waals surface area (Å²) in [4.78, 5) is 26.9. The fourth-order valence-electron chi connectivity index (χ4n) is 1.65. The van der Waals surface area contributed by atoms with Crippen LogP contribution >= 0.6 is 0 Å². The normalized spacial score (nSPS) is 11.2. The van der Waals surface area contributed by atoms with E-state index < -0.39 is 5.97 Å². The maximum atomic E-state index is 11.5. The lowest BCUT2D eigenvalue weighted by Crippen LogP contribution is -2.33. The summed E-state index contributed by atoms with van der Waals surface area (Å²) in [7, 11) is 0. The highest BCUT2D eigenvalue weighted by atomic mass is 16.5. The van der Waals surface area contributed by atoms with E-state index in [9.17, 15) is 9.59 Å². The molecule has 0 radical (unpaired) electrons. The Morgan fingerprint density at radius 1 is 1.38 bits per heavy atom. The van der Waals surface area contributed by atoms with Crippen LogP contribution in [0.4, 0.5) is 0 Å². The standard InChI is InChI=1S/C15H16N2O4/c1-10(2)16-13(18)9-20-15(19)8-7-14-17-11-5-3-4-6-12(11)21-14/h3-8,10H,9H2,1-2H3,(H,16,18)/b8-7+. The van der Waals surface area contributed by atoms with E-state index in [1.807, 2.05) is 32.0 Å². The maximum Gasteiger partial charge on any atom is 0.331 e. The minimum atomic E-state index is -0.629. The number of benzene rings is 1. The van der Waals surface area contributed by atoms with Gasteiger partial charge in [0.1, 0.15) is 5.52 Å². The maximum absolute atomic E-state index is 11.5. The fourth-order valence-corrected chi connectivity index (χ4v) is 1.65. The van der Waals surface area contributed by atoms with Gasteiger partial charge in [0.15, 0.2) is 12.2 Å². The number of carbonyl (C=O) groups excluding carboxylic acids is 2. The second-order valence-corrected chi connectivity index (χ2v) is 4.68. The topological polar surface area (TPSA) is 81.4 Å². The van der Waals surface area contributed by atoms with Crippen molar-refractivity contribution in [2.45, 2.75) is 19.9 Å². The molecule has 0 aliphatic heterocycles. The summed E-state index contributed by atoms with van der Waals surface area (Å²) in [5.74, 6) is -0.662. The second-order valence-electron chi connectivity index (χ2n) is 4.68. The number of carbonyl (C=O) groups is 2. The van der Waals surface area contributed by atoms with E-state index in [0.29, 0.717) is 17.0 Å². The first-order valence-corrected chi connectivity index (χ1v) is 6.54. The lowest BCUT2D eigenvalue weighted by molar-refractivity contribution is -0.143. The molecule has 0 aliphatic rings. The molecular weight excluding hydrogens is 272 g/mol. The van der Waals surface area contributed by atoms with Gasteiger partial charge in [0, 0.05) is 18.2 Å². The zero-order valence-corrected chi connectivity index (χ0v) is 11.8. The third-order valence-corrected chi connectivity index (χ3v) is 2.47. The molecule has 2 rings (SSSR count). The molecule has 6 nitrogen and oxygen atoms in total. The Kier molecular flexibility index (Phi) is 4.71. The third-order valence-electron chi connectivity index (χ3n) is 2.47. The first-order valence-electron chi connectivity index (χ1n) is 6.54. The Morgan fingerprint density at radius 2 is 2.14 bits per heavy atom. The monoisotopic (exact) mass is 288 g/mol. The molecular formula is C15H16N2O4. The van der Waals surface area contributed by atoms with E-state index in [4.69, 9.17) is 9.15 Å². The summed E-state index contributed by atoms with van der Waals surface area (Å²) in [6, 6.07) is 7.29. The largest absolute Gasteiger partial charge is 0.452 e. The molecule has 0 saturated heterocycles. The number of fused-ring (bicyclic) bond motifs is 1. The van der Waals surface area contributed by atoms with Crippen LogP contribution in [0.3, 0.4) is 0 Å². The lowest BCUT2D eigenvalue weighted by Gasteiger charge is -2.07. The number of oxazole rings is 1. The number of hydrogen-bond acceptors (Lipinski definition) is 5. The highest BCUT2D eigenvalue weighted by molar-refractivity contribution is 5.89. The molecule has 0 spiro atoms. The van der Waals surface area contributed by atoms with Gasteiger partial charge in [-0.05, 0) is 26.0 Å². The molecule has 6 heteroatoms. The molecule has 1 aromatic heterocycles. The molecule has 0 fully saturated rings. The SMILES string of the molecule is CC(C)NC(=O)COC(=O)/C=C/c1nc2ccccc2o1. The highest BCUT2D eigenvalue weighted by Crippen LogP contribution is 2.15. The molecule has 1 amide bonds. The molecule has 110 valence electrons. The predicted molar refractivity (Wildman–Crippen MR) is 77.3 cm³/mol. The van der Waals surface area contributed by atoms with Crippen LogP contribution in [0.25, 0.3) is 17.2 Å². The number of amides is 1. The molecule has 0 saturated carbocycles. The number of para-hydroxylation sites is 2. The van der Waals surface area contributed by atoms with Crippen molar-refractivity contribution in [1.82, 2.24) is 10.3 Å². The van der Waals surface area contributed by atoms with Gasteiger partial charge < -0.3 is 14.5 Å². The van der Waals surface area contributed by atoms with Crippen molar-refractivity contribution < 1.29 is 18.7 Å². The number of rotatable bonds is 5. The second kappa shape index (κ2) is 6.69.